The average molecular weight is 343 g/mol. The van der Waals surface area contributed by atoms with Crippen LogP contribution in [0, 0.1) is 5.82 Å². The molecule has 0 saturated heterocycles. The van der Waals surface area contributed by atoms with E-state index in [1.807, 2.05) is 18.2 Å². The summed E-state index contributed by atoms with van der Waals surface area (Å²) in [5, 5.41) is 0. The third kappa shape index (κ3) is 4.39. The average Bonchev–Trinajstić information content (AvgIpc) is 3.09. The van der Waals surface area contributed by atoms with Crippen LogP contribution in [0.15, 0.2) is 60.2 Å². The number of hydrogen-bond acceptors (Lipinski definition) is 5. The van der Waals surface area contributed by atoms with Gasteiger partial charge in [0.2, 0.25) is 0 Å². The Hall–Kier alpha value is -2.73. The van der Waals surface area contributed by atoms with E-state index in [1.54, 1.807) is 29.9 Å². The van der Waals surface area contributed by atoms with Crippen molar-refractivity contribution in [1.29, 1.82) is 0 Å². The highest BCUT2D eigenvalue weighted by molar-refractivity contribution is 7.09. The topological polar surface area (TPSA) is 48.4 Å². The van der Waals surface area contributed by atoms with E-state index in [2.05, 4.69) is 4.98 Å². The molecule has 1 heterocycles. The van der Waals surface area contributed by atoms with Gasteiger partial charge in [-0.2, -0.15) is 0 Å². The molecule has 0 amide bonds. The zero-order chi connectivity index (χ0) is 16.8. The molecular formula is C18H14FNO3S. The normalized spacial score (nSPS) is 10.4. The summed E-state index contributed by atoms with van der Waals surface area (Å²) < 4.78 is 24.7. The quantitative estimate of drug-likeness (QED) is 0.624. The Morgan fingerprint density at radius 1 is 1.17 bits per heavy atom. The monoisotopic (exact) mass is 343 g/mol. The maximum atomic E-state index is 14.1. The zero-order valence-electron chi connectivity index (χ0n) is 12.6. The van der Waals surface area contributed by atoms with E-state index in [4.69, 9.17) is 9.47 Å². The van der Waals surface area contributed by atoms with Crippen molar-refractivity contribution in [2.45, 2.75) is 13.0 Å². The SMILES string of the molecule is O=C(Cc1cncs1)OCc1ccc(Oc2ccccc2)c(F)c1. The fraction of sp³-hybridized carbons (Fsp3) is 0.111. The van der Waals surface area contributed by atoms with Gasteiger partial charge in [-0.3, -0.25) is 9.78 Å². The smallest absolute Gasteiger partial charge is 0.311 e. The van der Waals surface area contributed by atoms with Gasteiger partial charge in [0.25, 0.3) is 0 Å². The number of carbonyl (C=O) groups is 1. The van der Waals surface area contributed by atoms with Crippen molar-refractivity contribution in [1.82, 2.24) is 4.98 Å². The number of aromatic nitrogens is 1. The molecule has 0 radical (unpaired) electrons. The van der Waals surface area contributed by atoms with Gasteiger partial charge in [-0.15, -0.1) is 11.3 Å². The van der Waals surface area contributed by atoms with Crippen molar-refractivity contribution < 1.29 is 18.7 Å². The summed E-state index contributed by atoms with van der Waals surface area (Å²) in [7, 11) is 0. The lowest BCUT2D eigenvalue weighted by atomic mass is 10.2. The Kier molecular flexibility index (Phi) is 5.18. The number of esters is 1. The van der Waals surface area contributed by atoms with Crippen LogP contribution >= 0.6 is 11.3 Å². The van der Waals surface area contributed by atoms with Crippen molar-refractivity contribution in [2.75, 3.05) is 0 Å². The molecule has 0 bridgehead atoms. The summed E-state index contributed by atoms with van der Waals surface area (Å²) in [5.74, 6) is -0.194. The second-order valence-electron chi connectivity index (χ2n) is 4.99. The van der Waals surface area contributed by atoms with Crippen LogP contribution in [0.1, 0.15) is 10.4 Å². The summed E-state index contributed by atoms with van der Waals surface area (Å²) in [4.78, 5) is 16.4. The van der Waals surface area contributed by atoms with E-state index in [-0.39, 0.29) is 24.7 Å². The van der Waals surface area contributed by atoms with Crippen molar-refractivity contribution >= 4 is 17.3 Å². The number of ether oxygens (including phenoxy) is 2. The number of para-hydroxylation sites is 1. The van der Waals surface area contributed by atoms with E-state index in [0.29, 0.717) is 11.3 Å². The van der Waals surface area contributed by atoms with Crippen LogP contribution < -0.4 is 4.74 Å². The molecule has 2 aromatic carbocycles. The first kappa shape index (κ1) is 16.1. The van der Waals surface area contributed by atoms with Gasteiger partial charge in [0.1, 0.15) is 12.4 Å². The molecule has 4 nitrogen and oxygen atoms in total. The van der Waals surface area contributed by atoms with E-state index in [0.717, 1.165) is 4.88 Å². The number of nitrogens with zero attached hydrogens (tertiary/aromatic N) is 1. The lowest BCUT2D eigenvalue weighted by Crippen LogP contribution is -2.07. The fourth-order valence-electron chi connectivity index (χ4n) is 2.02. The van der Waals surface area contributed by atoms with Gasteiger partial charge in [-0.25, -0.2) is 4.39 Å². The van der Waals surface area contributed by atoms with Crippen LogP contribution in [0.3, 0.4) is 0 Å². The van der Waals surface area contributed by atoms with Gasteiger partial charge in [0.05, 0.1) is 11.9 Å². The van der Waals surface area contributed by atoms with E-state index in [1.165, 1.54) is 23.5 Å². The first-order valence-corrected chi connectivity index (χ1v) is 8.13. The summed E-state index contributed by atoms with van der Waals surface area (Å²) in [6.45, 7) is 0.0141. The van der Waals surface area contributed by atoms with E-state index >= 15 is 0 Å². The predicted molar refractivity (Wildman–Crippen MR) is 88.5 cm³/mol. The first-order valence-electron chi connectivity index (χ1n) is 7.25. The molecule has 1 aromatic heterocycles. The second kappa shape index (κ2) is 7.70. The van der Waals surface area contributed by atoms with Gasteiger partial charge < -0.3 is 9.47 Å². The summed E-state index contributed by atoms with van der Waals surface area (Å²) in [5.41, 5.74) is 2.22. The molecule has 0 saturated carbocycles. The van der Waals surface area contributed by atoms with Gasteiger partial charge in [0, 0.05) is 11.1 Å². The number of rotatable bonds is 6. The van der Waals surface area contributed by atoms with Crippen molar-refractivity contribution in [3.63, 3.8) is 0 Å². The van der Waals surface area contributed by atoms with Crippen LogP contribution in [-0.2, 0) is 22.6 Å². The third-order valence-corrected chi connectivity index (χ3v) is 3.95. The lowest BCUT2D eigenvalue weighted by molar-refractivity contribution is -0.144. The van der Waals surface area contributed by atoms with Crippen LogP contribution in [-0.4, -0.2) is 11.0 Å². The van der Waals surface area contributed by atoms with Crippen LogP contribution in [0.5, 0.6) is 11.5 Å². The number of hydrogen-bond donors (Lipinski definition) is 0. The molecule has 0 spiro atoms. The minimum absolute atomic E-state index is 0.0141. The van der Waals surface area contributed by atoms with Gasteiger partial charge in [-0.1, -0.05) is 24.3 Å². The molecule has 0 aliphatic carbocycles. The standard InChI is InChI=1S/C18H14FNO3S/c19-16-8-13(11-22-18(21)9-15-10-20-12-24-15)6-7-17(16)23-14-4-2-1-3-5-14/h1-8,10,12H,9,11H2. The number of halogens is 1. The van der Waals surface area contributed by atoms with Gasteiger partial charge in [0.15, 0.2) is 11.6 Å². The van der Waals surface area contributed by atoms with Crippen LogP contribution in [0.2, 0.25) is 0 Å². The number of thiazole rings is 1. The Labute approximate surface area is 142 Å². The predicted octanol–water partition coefficient (Wildman–Crippen LogP) is 4.36. The highest BCUT2D eigenvalue weighted by Crippen LogP contribution is 2.25. The molecule has 0 N–H and O–H groups in total. The third-order valence-electron chi connectivity index (χ3n) is 3.17. The molecule has 24 heavy (non-hydrogen) atoms. The Bertz CT molecular complexity index is 806. The summed E-state index contributed by atoms with van der Waals surface area (Å²) in [6.07, 6.45) is 1.80. The molecule has 3 rings (SSSR count). The van der Waals surface area contributed by atoms with Crippen LogP contribution in [0.25, 0.3) is 0 Å². The Balaban J connectivity index is 1.57. The van der Waals surface area contributed by atoms with E-state index in [9.17, 15) is 9.18 Å². The van der Waals surface area contributed by atoms with Crippen molar-refractivity contribution in [3.8, 4) is 11.5 Å². The molecule has 0 aliphatic rings. The Morgan fingerprint density at radius 3 is 2.71 bits per heavy atom. The minimum Gasteiger partial charge on any atom is -0.461 e. The molecule has 0 fully saturated rings. The lowest BCUT2D eigenvalue weighted by Gasteiger charge is -2.09. The highest BCUT2D eigenvalue weighted by Gasteiger charge is 2.09. The molecule has 6 heteroatoms. The molecule has 3 aromatic rings. The maximum absolute atomic E-state index is 14.1. The number of carbonyl (C=O) groups excluding carboxylic acids is 1. The van der Waals surface area contributed by atoms with Crippen LogP contribution in [0.4, 0.5) is 4.39 Å². The van der Waals surface area contributed by atoms with Crippen molar-refractivity contribution in [3.05, 3.63) is 76.5 Å². The highest BCUT2D eigenvalue weighted by atomic mass is 32.1. The molecule has 0 unspecified atom stereocenters. The maximum Gasteiger partial charge on any atom is 0.311 e. The van der Waals surface area contributed by atoms with Gasteiger partial charge >= 0.3 is 5.97 Å². The fourth-order valence-corrected chi connectivity index (χ4v) is 2.60. The number of benzene rings is 2. The molecular weight excluding hydrogens is 329 g/mol. The zero-order valence-corrected chi connectivity index (χ0v) is 13.5. The van der Waals surface area contributed by atoms with E-state index < -0.39 is 5.82 Å². The van der Waals surface area contributed by atoms with Crippen molar-refractivity contribution in [2.24, 2.45) is 0 Å². The largest absolute Gasteiger partial charge is 0.461 e. The molecule has 0 atom stereocenters. The Morgan fingerprint density at radius 2 is 2.00 bits per heavy atom. The molecule has 122 valence electrons. The summed E-state index contributed by atoms with van der Waals surface area (Å²) >= 11 is 1.39. The van der Waals surface area contributed by atoms with Gasteiger partial charge in [-0.05, 0) is 29.8 Å². The first-order chi connectivity index (χ1) is 11.7. The minimum atomic E-state index is -0.505. The second-order valence-corrected chi connectivity index (χ2v) is 5.96. The molecule has 0 aliphatic heterocycles. The summed E-state index contributed by atoms with van der Waals surface area (Å²) in [6, 6.07) is 13.5.